The van der Waals surface area contributed by atoms with Crippen LogP contribution in [0.1, 0.15) is 39.3 Å². The fourth-order valence-corrected chi connectivity index (χ4v) is 1.68. The second-order valence-electron chi connectivity index (χ2n) is 6.75. The van der Waals surface area contributed by atoms with Crippen molar-refractivity contribution in [1.82, 2.24) is 9.78 Å². The van der Waals surface area contributed by atoms with Gasteiger partial charge in [-0.3, -0.25) is 4.68 Å². The van der Waals surface area contributed by atoms with Gasteiger partial charge < -0.3 is 14.9 Å². The summed E-state index contributed by atoms with van der Waals surface area (Å²) in [6, 6.07) is 10.2. The molecule has 2 N–H and O–H groups in total. The number of hydrogen-bond acceptors (Lipinski definition) is 4. The predicted octanol–water partition coefficient (Wildman–Crippen LogP) is 1.44. The van der Waals surface area contributed by atoms with E-state index in [0.29, 0.717) is 12.1 Å². The molecule has 1 unspecified atom stereocenters. The first-order valence-electron chi connectivity index (χ1n) is 7.84. The number of methoxy groups -OCH3 is 1. The fourth-order valence-electron chi connectivity index (χ4n) is 1.68. The van der Waals surface area contributed by atoms with Gasteiger partial charge in [-0.2, -0.15) is 5.10 Å². The molecule has 2 radical (unpaired) electrons. The van der Waals surface area contributed by atoms with Crippen LogP contribution < -0.4 is 5.46 Å². The molecule has 24 heavy (non-hydrogen) atoms. The van der Waals surface area contributed by atoms with Crippen molar-refractivity contribution in [2.75, 3.05) is 13.7 Å². The average molecular weight is 330 g/mol. The third kappa shape index (κ3) is 6.11. The van der Waals surface area contributed by atoms with Crippen LogP contribution in [-0.4, -0.2) is 52.8 Å². The smallest absolute Gasteiger partial charge is 0.118 e. The van der Waals surface area contributed by atoms with Crippen molar-refractivity contribution in [3.63, 3.8) is 0 Å². The maximum absolute atomic E-state index is 9.10. The van der Waals surface area contributed by atoms with Crippen LogP contribution in [0.15, 0.2) is 42.7 Å². The number of ether oxygens (including phenoxy) is 1. The van der Waals surface area contributed by atoms with E-state index in [-0.39, 0.29) is 6.04 Å². The number of benzene rings is 1. The topological polar surface area (TPSA) is 67.5 Å². The summed E-state index contributed by atoms with van der Waals surface area (Å²) in [6.45, 7) is 6.88. The van der Waals surface area contributed by atoms with Crippen LogP contribution in [0.4, 0.5) is 0 Å². The molecular weight excluding hydrogens is 303 g/mol. The quantitative estimate of drug-likeness (QED) is 0.814. The Kier molecular flexibility index (Phi) is 7.20. The number of nitrogens with zero attached hydrogens (tertiary/aromatic N) is 2. The molecule has 1 atom stereocenters. The highest BCUT2D eigenvalue weighted by molar-refractivity contribution is 6.31. The summed E-state index contributed by atoms with van der Waals surface area (Å²) < 4.78 is 7.05. The Morgan fingerprint density at radius 3 is 2.04 bits per heavy atom. The van der Waals surface area contributed by atoms with E-state index in [1.54, 1.807) is 41.0 Å². The van der Waals surface area contributed by atoms with Crippen molar-refractivity contribution in [3.05, 3.63) is 48.3 Å². The van der Waals surface area contributed by atoms with Crippen LogP contribution in [0.5, 0.6) is 0 Å². The minimum atomic E-state index is -1.01. The molecule has 130 valence electrons. The van der Waals surface area contributed by atoms with E-state index in [0.717, 1.165) is 5.56 Å². The Bertz CT molecular complexity index is 589. The summed E-state index contributed by atoms with van der Waals surface area (Å²) in [5.74, 6) is 0. The molecule has 5 nitrogen and oxygen atoms in total. The largest absolute Gasteiger partial charge is 0.387 e. The van der Waals surface area contributed by atoms with Crippen molar-refractivity contribution in [3.8, 4) is 0 Å². The minimum absolute atomic E-state index is 0.0727. The molecule has 6 heteroatoms. The van der Waals surface area contributed by atoms with Gasteiger partial charge in [0.1, 0.15) is 13.9 Å². The lowest BCUT2D eigenvalue weighted by molar-refractivity contribution is -0.107. The van der Waals surface area contributed by atoms with Gasteiger partial charge in [0.15, 0.2) is 0 Å². The van der Waals surface area contributed by atoms with Gasteiger partial charge in [-0.05, 0) is 33.3 Å². The first-order valence-corrected chi connectivity index (χ1v) is 7.84. The monoisotopic (exact) mass is 330 g/mol. The standard InChI is InChI=1S/C12H13BN2O.C6H14O2/c1-16-9-12(10-5-3-2-4-6-10)15-8-11(13)7-14-15;1-5(2,7)6(3,4)8/h2-8,12H,9H2,1H3;7-8H,1-4H3. The molecule has 0 amide bonds. The molecule has 0 bridgehead atoms. The molecule has 0 fully saturated rings. The Hall–Kier alpha value is -1.63. The molecule has 0 saturated carbocycles. The zero-order valence-electron chi connectivity index (χ0n) is 15.1. The summed E-state index contributed by atoms with van der Waals surface area (Å²) in [7, 11) is 7.35. The van der Waals surface area contributed by atoms with Crippen molar-refractivity contribution in [2.45, 2.75) is 44.9 Å². The molecule has 0 spiro atoms. The minimum Gasteiger partial charge on any atom is -0.387 e. The predicted molar refractivity (Wildman–Crippen MR) is 96.7 cm³/mol. The van der Waals surface area contributed by atoms with Gasteiger partial charge >= 0.3 is 0 Å². The highest BCUT2D eigenvalue weighted by Crippen LogP contribution is 2.19. The van der Waals surface area contributed by atoms with Crippen LogP contribution in [0.25, 0.3) is 0 Å². The van der Waals surface area contributed by atoms with Crippen molar-refractivity contribution >= 4 is 13.3 Å². The maximum Gasteiger partial charge on any atom is 0.118 e. The van der Waals surface area contributed by atoms with E-state index in [9.17, 15) is 0 Å². The van der Waals surface area contributed by atoms with Gasteiger partial charge in [0.25, 0.3) is 0 Å². The van der Waals surface area contributed by atoms with Gasteiger partial charge in [-0.25, -0.2) is 0 Å². The van der Waals surface area contributed by atoms with E-state index in [2.05, 4.69) is 17.2 Å². The molecule has 1 aromatic carbocycles. The van der Waals surface area contributed by atoms with Crippen LogP contribution in [-0.2, 0) is 4.74 Å². The Morgan fingerprint density at radius 2 is 1.67 bits per heavy atom. The fraction of sp³-hybridized carbons (Fsp3) is 0.500. The third-order valence-electron chi connectivity index (χ3n) is 3.95. The van der Waals surface area contributed by atoms with E-state index in [1.165, 1.54) is 0 Å². The first-order chi connectivity index (χ1) is 11.1. The van der Waals surface area contributed by atoms with Crippen molar-refractivity contribution in [1.29, 1.82) is 0 Å². The Morgan fingerprint density at radius 1 is 1.12 bits per heavy atom. The van der Waals surface area contributed by atoms with Crippen molar-refractivity contribution in [2.24, 2.45) is 0 Å². The number of aromatic nitrogens is 2. The molecule has 0 saturated heterocycles. The zero-order chi connectivity index (χ0) is 18.4. The molecular formula is C18H27BN2O3. The molecule has 1 heterocycles. The summed E-state index contributed by atoms with van der Waals surface area (Å²) in [5, 5.41) is 22.4. The highest BCUT2D eigenvalue weighted by atomic mass is 16.5. The van der Waals surface area contributed by atoms with Crippen molar-refractivity contribution < 1.29 is 14.9 Å². The van der Waals surface area contributed by atoms with Crippen LogP contribution in [0.3, 0.4) is 0 Å². The SMILES string of the molecule is CC(C)(O)C(C)(C)O.[B]c1cnn(C(COC)c2ccccc2)c1. The van der Waals surface area contributed by atoms with Gasteiger partial charge in [-0.15, -0.1) is 0 Å². The highest BCUT2D eigenvalue weighted by Gasteiger charge is 2.31. The van der Waals surface area contributed by atoms with Crippen LogP contribution in [0, 0.1) is 0 Å². The second-order valence-corrected chi connectivity index (χ2v) is 6.75. The van der Waals surface area contributed by atoms with E-state index in [1.807, 2.05) is 29.1 Å². The molecule has 0 aliphatic rings. The van der Waals surface area contributed by atoms with Gasteiger partial charge in [0, 0.05) is 19.5 Å². The number of rotatable bonds is 5. The van der Waals surface area contributed by atoms with Gasteiger partial charge in [0.05, 0.1) is 17.8 Å². The normalized spacial score (nSPS) is 13.1. The van der Waals surface area contributed by atoms with Gasteiger partial charge in [0.2, 0.25) is 0 Å². The van der Waals surface area contributed by atoms with E-state index >= 15 is 0 Å². The zero-order valence-corrected chi connectivity index (χ0v) is 15.1. The van der Waals surface area contributed by atoms with Crippen LogP contribution in [0.2, 0.25) is 0 Å². The summed E-state index contributed by atoms with van der Waals surface area (Å²) in [5.41, 5.74) is -0.190. The average Bonchev–Trinajstić information content (AvgIpc) is 2.90. The number of hydrogen-bond donors (Lipinski definition) is 2. The lowest BCUT2D eigenvalue weighted by atomic mass is 9.90. The second kappa shape index (κ2) is 8.47. The summed E-state index contributed by atoms with van der Waals surface area (Å²) in [4.78, 5) is 0. The summed E-state index contributed by atoms with van der Waals surface area (Å²) in [6.07, 6.45) is 3.46. The Labute approximate surface area is 145 Å². The lowest BCUT2D eigenvalue weighted by Crippen LogP contribution is -2.44. The maximum atomic E-state index is 9.10. The molecule has 2 aromatic rings. The molecule has 1 aromatic heterocycles. The van der Waals surface area contributed by atoms with Crippen LogP contribution >= 0.6 is 0 Å². The van der Waals surface area contributed by atoms with E-state index in [4.69, 9.17) is 22.8 Å². The third-order valence-corrected chi connectivity index (χ3v) is 3.95. The Balaban J connectivity index is 0.000000307. The van der Waals surface area contributed by atoms with Gasteiger partial charge in [-0.1, -0.05) is 35.8 Å². The number of aliphatic hydroxyl groups is 2. The lowest BCUT2D eigenvalue weighted by Gasteiger charge is -2.31. The summed E-state index contributed by atoms with van der Waals surface area (Å²) >= 11 is 0. The molecule has 2 rings (SSSR count). The van der Waals surface area contributed by atoms with E-state index < -0.39 is 11.2 Å². The molecule has 0 aliphatic carbocycles. The molecule has 0 aliphatic heterocycles. The first kappa shape index (κ1) is 20.4.